The molecule has 0 saturated heterocycles. The van der Waals surface area contributed by atoms with Gasteiger partial charge in [-0.3, -0.25) is 0 Å². The van der Waals surface area contributed by atoms with Crippen LogP contribution in [0.3, 0.4) is 0 Å². The van der Waals surface area contributed by atoms with Crippen LogP contribution in [0.5, 0.6) is 0 Å². The highest BCUT2D eigenvalue weighted by Gasteiger charge is 2.52. The summed E-state index contributed by atoms with van der Waals surface area (Å²) in [6, 6.07) is 19.6. The predicted octanol–water partition coefficient (Wildman–Crippen LogP) is 5.82. The van der Waals surface area contributed by atoms with E-state index in [2.05, 4.69) is 23.4 Å². The molecule has 5 rings (SSSR count). The van der Waals surface area contributed by atoms with E-state index in [4.69, 9.17) is 19.5 Å². The van der Waals surface area contributed by atoms with Gasteiger partial charge in [-0.2, -0.15) is 10.2 Å². The van der Waals surface area contributed by atoms with Gasteiger partial charge >= 0.3 is 6.09 Å². The molecule has 0 N–H and O–H groups in total. The van der Waals surface area contributed by atoms with Crippen LogP contribution in [0.25, 0.3) is 11.5 Å². The molecule has 1 amide bonds. The number of hydrogen-bond acceptors (Lipinski definition) is 6. The minimum Gasteiger partial charge on any atom is -0.444 e. The van der Waals surface area contributed by atoms with Crippen LogP contribution < -0.4 is 0 Å². The average molecular weight is 471 g/mol. The van der Waals surface area contributed by atoms with Gasteiger partial charge in [0.15, 0.2) is 5.82 Å². The van der Waals surface area contributed by atoms with E-state index in [0.29, 0.717) is 29.7 Å². The number of nitriles is 1. The number of carbonyl (C=O) groups excluding carboxylic acids is 1. The second-order valence-corrected chi connectivity index (χ2v) is 10.7. The number of nitrogens with zero attached hydrogens (tertiary/aromatic N) is 4. The van der Waals surface area contributed by atoms with Crippen LogP contribution in [0, 0.1) is 11.3 Å². The molecule has 2 saturated carbocycles. The van der Waals surface area contributed by atoms with E-state index >= 15 is 0 Å². The molecule has 2 aliphatic carbocycles. The predicted molar refractivity (Wildman–Crippen MR) is 131 cm³/mol. The summed E-state index contributed by atoms with van der Waals surface area (Å²) in [4.78, 5) is 20.0. The molecule has 0 aliphatic heterocycles. The Morgan fingerprint density at radius 3 is 2.49 bits per heavy atom. The van der Waals surface area contributed by atoms with Crippen LogP contribution in [0.2, 0.25) is 0 Å². The van der Waals surface area contributed by atoms with E-state index in [1.54, 1.807) is 12.1 Å². The summed E-state index contributed by atoms with van der Waals surface area (Å²) in [6.45, 7) is 6.19. The maximum atomic E-state index is 13.4. The lowest BCUT2D eigenvalue weighted by Crippen LogP contribution is -2.50. The molecule has 1 heterocycles. The van der Waals surface area contributed by atoms with Crippen LogP contribution >= 0.6 is 0 Å². The monoisotopic (exact) mass is 470 g/mol. The van der Waals surface area contributed by atoms with Gasteiger partial charge in [-0.15, -0.1) is 0 Å². The van der Waals surface area contributed by atoms with Crippen molar-refractivity contribution >= 4 is 6.09 Å². The molecule has 0 radical (unpaired) electrons. The molecule has 2 aliphatic rings. The van der Waals surface area contributed by atoms with Crippen molar-refractivity contribution in [2.24, 2.45) is 0 Å². The van der Waals surface area contributed by atoms with Crippen LogP contribution in [0.4, 0.5) is 4.79 Å². The maximum Gasteiger partial charge on any atom is 0.410 e. The fourth-order valence-corrected chi connectivity index (χ4v) is 4.85. The fraction of sp³-hybridized carbons (Fsp3) is 0.429. The zero-order valence-corrected chi connectivity index (χ0v) is 20.4. The van der Waals surface area contributed by atoms with Gasteiger partial charge < -0.3 is 14.2 Å². The highest BCUT2D eigenvalue weighted by Crippen LogP contribution is 2.49. The topological polar surface area (TPSA) is 92.2 Å². The van der Waals surface area contributed by atoms with Crippen molar-refractivity contribution in [3.05, 3.63) is 71.5 Å². The molecule has 3 aromatic rings. The Morgan fingerprint density at radius 1 is 1.17 bits per heavy atom. The third-order valence-electron chi connectivity index (χ3n) is 6.96. The van der Waals surface area contributed by atoms with Gasteiger partial charge in [0, 0.05) is 24.1 Å². The molecule has 7 heteroatoms. The zero-order chi connectivity index (χ0) is 24.6. The summed E-state index contributed by atoms with van der Waals surface area (Å²) in [7, 11) is 0. The number of amides is 1. The Bertz CT molecular complexity index is 1230. The Balaban J connectivity index is 1.40. The molecule has 2 atom stereocenters. The summed E-state index contributed by atoms with van der Waals surface area (Å²) in [5, 5.41) is 13.4. The lowest BCUT2D eigenvalue weighted by atomic mass is 9.67. The molecule has 0 spiro atoms. The van der Waals surface area contributed by atoms with Crippen LogP contribution in [0.1, 0.15) is 69.3 Å². The minimum atomic E-state index is -0.575. The summed E-state index contributed by atoms with van der Waals surface area (Å²) in [6.07, 6.45) is 3.46. The van der Waals surface area contributed by atoms with Gasteiger partial charge in [0.1, 0.15) is 5.60 Å². The standard InChI is InChI=1S/C28H30N4O3/c1-27(2,3)34-26(33)32(23-16-22(23)20-8-5-4-6-9-20)18-28(14-7-15-28)25-30-24(35-31-25)21-12-10-19(17-29)11-13-21/h4-6,8-13,22-23H,7,14-16,18H2,1-3H3. The molecular weight excluding hydrogens is 440 g/mol. The third-order valence-corrected chi connectivity index (χ3v) is 6.96. The SMILES string of the molecule is CC(C)(C)OC(=O)N(CC1(c2noc(-c3ccc(C#N)cc3)n2)CCC1)C1CC1c1ccccc1. The molecule has 2 aromatic carbocycles. The summed E-state index contributed by atoms with van der Waals surface area (Å²) in [5.74, 6) is 1.36. The largest absolute Gasteiger partial charge is 0.444 e. The van der Waals surface area contributed by atoms with Crippen molar-refractivity contribution in [1.29, 1.82) is 5.26 Å². The Kier molecular flexibility index (Phi) is 5.84. The maximum absolute atomic E-state index is 13.4. The van der Waals surface area contributed by atoms with Gasteiger partial charge in [0.25, 0.3) is 5.89 Å². The van der Waals surface area contributed by atoms with Crippen molar-refractivity contribution in [3.63, 3.8) is 0 Å². The second kappa shape index (κ2) is 8.84. The van der Waals surface area contributed by atoms with Gasteiger partial charge in [-0.25, -0.2) is 4.79 Å². The molecule has 180 valence electrons. The van der Waals surface area contributed by atoms with Crippen molar-refractivity contribution in [2.75, 3.05) is 6.54 Å². The van der Waals surface area contributed by atoms with Crippen LogP contribution in [-0.4, -0.2) is 39.3 Å². The van der Waals surface area contributed by atoms with Crippen molar-refractivity contribution in [3.8, 4) is 17.5 Å². The van der Waals surface area contributed by atoms with Gasteiger partial charge in [-0.1, -0.05) is 41.9 Å². The minimum absolute atomic E-state index is 0.0922. The Labute approximate surface area is 205 Å². The molecule has 2 unspecified atom stereocenters. The summed E-state index contributed by atoms with van der Waals surface area (Å²) in [5.41, 5.74) is 1.67. The van der Waals surface area contributed by atoms with Gasteiger partial charge in [0.2, 0.25) is 0 Å². The molecular formula is C28H30N4O3. The first-order chi connectivity index (χ1) is 16.8. The van der Waals surface area contributed by atoms with Crippen LogP contribution in [0.15, 0.2) is 59.1 Å². The molecule has 2 fully saturated rings. The van der Waals surface area contributed by atoms with E-state index in [1.807, 2.05) is 56.0 Å². The fourth-order valence-electron chi connectivity index (χ4n) is 4.85. The smallest absolute Gasteiger partial charge is 0.410 e. The van der Waals surface area contributed by atoms with E-state index in [9.17, 15) is 4.79 Å². The van der Waals surface area contributed by atoms with E-state index in [1.165, 1.54) is 5.56 Å². The number of hydrogen-bond donors (Lipinski definition) is 0. The van der Waals surface area contributed by atoms with Crippen molar-refractivity contribution in [1.82, 2.24) is 15.0 Å². The first kappa shape index (κ1) is 23.1. The third kappa shape index (κ3) is 4.79. The van der Waals surface area contributed by atoms with Gasteiger partial charge in [-0.05, 0) is 69.9 Å². The Morgan fingerprint density at radius 2 is 1.89 bits per heavy atom. The van der Waals surface area contributed by atoms with E-state index in [-0.39, 0.29) is 17.6 Å². The lowest BCUT2D eigenvalue weighted by Gasteiger charge is -2.43. The van der Waals surface area contributed by atoms with E-state index in [0.717, 1.165) is 31.2 Å². The normalized spacial score (nSPS) is 20.4. The zero-order valence-electron chi connectivity index (χ0n) is 20.4. The summed E-state index contributed by atoms with van der Waals surface area (Å²) >= 11 is 0. The first-order valence-corrected chi connectivity index (χ1v) is 12.2. The van der Waals surface area contributed by atoms with Gasteiger partial charge in [0.05, 0.1) is 17.0 Å². The summed E-state index contributed by atoms with van der Waals surface area (Å²) < 4.78 is 11.4. The number of carbonyl (C=O) groups is 1. The average Bonchev–Trinajstić information content (AvgIpc) is 3.45. The van der Waals surface area contributed by atoms with Crippen molar-refractivity contribution in [2.45, 2.75) is 69.4 Å². The lowest BCUT2D eigenvalue weighted by molar-refractivity contribution is 0.0123. The number of ether oxygens (including phenoxy) is 1. The highest BCUT2D eigenvalue weighted by atomic mass is 16.6. The number of rotatable bonds is 6. The first-order valence-electron chi connectivity index (χ1n) is 12.2. The number of benzene rings is 2. The molecule has 7 nitrogen and oxygen atoms in total. The molecule has 0 bridgehead atoms. The van der Waals surface area contributed by atoms with Crippen LogP contribution in [-0.2, 0) is 10.2 Å². The van der Waals surface area contributed by atoms with Crippen molar-refractivity contribution < 1.29 is 14.1 Å². The molecule has 1 aromatic heterocycles. The molecule has 35 heavy (non-hydrogen) atoms. The Hall–Kier alpha value is -3.66. The number of aromatic nitrogens is 2. The quantitative estimate of drug-likeness (QED) is 0.450. The highest BCUT2D eigenvalue weighted by molar-refractivity contribution is 5.70. The second-order valence-electron chi connectivity index (χ2n) is 10.7. The van der Waals surface area contributed by atoms with E-state index < -0.39 is 5.60 Å².